The number of rotatable bonds is 0. The van der Waals surface area contributed by atoms with Crippen LogP contribution in [-0.4, -0.2) is 5.78 Å². The zero-order valence-electron chi connectivity index (χ0n) is 8.94. The standard InChI is InChI=1S/C13H18O/c1-9-4-5-11-8-12(14)6-7-13(11,3)10(9)2/h11H,1-2,4-8H2,3H3. The maximum absolute atomic E-state index is 11.4. The molecule has 2 aliphatic carbocycles. The molecule has 0 bridgehead atoms. The van der Waals surface area contributed by atoms with Crippen LogP contribution in [0.15, 0.2) is 24.3 Å². The lowest BCUT2D eigenvalue weighted by molar-refractivity contribution is -0.124. The van der Waals surface area contributed by atoms with Crippen molar-refractivity contribution in [2.45, 2.75) is 39.0 Å². The van der Waals surface area contributed by atoms with Crippen LogP contribution in [0.25, 0.3) is 0 Å². The van der Waals surface area contributed by atoms with Crippen molar-refractivity contribution in [2.75, 3.05) is 0 Å². The first-order valence-corrected chi connectivity index (χ1v) is 5.43. The van der Waals surface area contributed by atoms with Crippen molar-refractivity contribution in [1.82, 2.24) is 0 Å². The highest BCUT2D eigenvalue weighted by Crippen LogP contribution is 2.52. The molecule has 0 aromatic carbocycles. The molecule has 0 aliphatic heterocycles. The second kappa shape index (κ2) is 3.08. The number of Topliss-reactive ketones (excluding diaryl/α,β-unsaturated/α-hetero) is 1. The zero-order chi connectivity index (χ0) is 10.3. The smallest absolute Gasteiger partial charge is 0.133 e. The molecule has 2 unspecified atom stereocenters. The van der Waals surface area contributed by atoms with Gasteiger partial charge in [0.25, 0.3) is 0 Å². The Morgan fingerprint density at radius 2 is 2.07 bits per heavy atom. The maximum Gasteiger partial charge on any atom is 0.133 e. The lowest BCUT2D eigenvalue weighted by atomic mass is 9.57. The molecule has 2 atom stereocenters. The van der Waals surface area contributed by atoms with Gasteiger partial charge in [0.15, 0.2) is 0 Å². The molecule has 2 saturated carbocycles. The zero-order valence-corrected chi connectivity index (χ0v) is 8.94. The van der Waals surface area contributed by atoms with E-state index in [2.05, 4.69) is 20.1 Å². The van der Waals surface area contributed by atoms with E-state index in [0.29, 0.717) is 11.7 Å². The molecule has 0 radical (unpaired) electrons. The van der Waals surface area contributed by atoms with Gasteiger partial charge in [-0.2, -0.15) is 0 Å². The summed E-state index contributed by atoms with van der Waals surface area (Å²) in [7, 11) is 0. The average molecular weight is 190 g/mol. The fourth-order valence-electron chi connectivity index (χ4n) is 2.93. The Morgan fingerprint density at radius 1 is 1.36 bits per heavy atom. The predicted octanol–water partition coefficient (Wildman–Crippen LogP) is 3.27. The molecule has 2 rings (SSSR count). The first kappa shape index (κ1) is 9.70. The summed E-state index contributed by atoms with van der Waals surface area (Å²) in [5.41, 5.74) is 2.59. The first-order chi connectivity index (χ1) is 6.54. The monoisotopic (exact) mass is 190 g/mol. The van der Waals surface area contributed by atoms with Crippen molar-refractivity contribution in [2.24, 2.45) is 11.3 Å². The van der Waals surface area contributed by atoms with E-state index in [-0.39, 0.29) is 5.41 Å². The highest BCUT2D eigenvalue weighted by molar-refractivity contribution is 5.80. The van der Waals surface area contributed by atoms with Crippen LogP contribution in [0.1, 0.15) is 39.0 Å². The lowest BCUT2D eigenvalue weighted by Crippen LogP contribution is -2.39. The number of hydrogen-bond donors (Lipinski definition) is 0. The number of carbonyl (C=O) groups is 1. The third-order valence-corrected chi connectivity index (χ3v) is 4.21. The van der Waals surface area contributed by atoms with E-state index in [1.54, 1.807) is 0 Å². The summed E-state index contributed by atoms with van der Waals surface area (Å²) in [5.74, 6) is 0.967. The molecule has 0 N–H and O–H groups in total. The minimum absolute atomic E-state index is 0.170. The van der Waals surface area contributed by atoms with E-state index in [9.17, 15) is 4.79 Å². The van der Waals surface area contributed by atoms with Crippen molar-refractivity contribution in [3.8, 4) is 0 Å². The Morgan fingerprint density at radius 3 is 2.79 bits per heavy atom. The summed E-state index contributed by atoms with van der Waals surface area (Å²) in [6, 6.07) is 0. The van der Waals surface area contributed by atoms with Gasteiger partial charge in [-0.15, -0.1) is 0 Å². The molecule has 0 aromatic rings. The van der Waals surface area contributed by atoms with Crippen molar-refractivity contribution in [3.63, 3.8) is 0 Å². The quantitative estimate of drug-likeness (QED) is 0.573. The van der Waals surface area contributed by atoms with Gasteiger partial charge in [-0.1, -0.05) is 25.7 Å². The van der Waals surface area contributed by atoms with Gasteiger partial charge in [0.2, 0.25) is 0 Å². The summed E-state index contributed by atoms with van der Waals surface area (Å²) in [4.78, 5) is 11.4. The van der Waals surface area contributed by atoms with Crippen LogP contribution < -0.4 is 0 Å². The number of fused-ring (bicyclic) bond motifs is 1. The van der Waals surface area contributed by atoms with E-state index in [4.69, 9.17) is 0 Å². The van der Waals surface area contributed by atoms with Crippen molar-refractivity contribution < 1.29 is 4.79 Å². The Labute approximate surface area is 85.9 Å². The topological polar surface area (TPSA) is 17.1 Å². The van der Waals surface area contributed by atoms with Gasteiger partial charge in [0.1, 0.15) is 5.78 Å². The van der Waals surface area contributed by atoms with Crippen LogP contribution in [0.5, 0.6) is 0 Å². The molecule has 0 aromatic heterocycles. The molecular weight excluding hydrogens is 172 g/mol. The van der Waals surface area contributed by atoms with E-state index < -0.39 is 0 Å². The number of hydrogen-bond acceptors (Lipinski definition) is 1. The number of allylic oxidation sites excluding steroid dienone is 2. The molecule has 0 saturated heterocycles. The average Bonchev–Trinajstić information content (AvgIpc) is 2.16. The van der Waals surface area contributed by atoms with E-state index in [1.165, 1.54) is 11.1 Å². The molecule has 2 aliphatic rings. The molecular formula is C13H18O. The SMILES string of the molecule is C=C1CCC2CC(=O)CCC2(C)C1=C. The third-order valence-electron chi connectivity index (χ3n) is 4.21. The molecule has 1 nitrogen and oxygen atoms in total. The lowest BCUT2D eigenvalue weighted by Gasteiger charge is -2.46. The molecule has 14 heavy (non-hydrogen) atoms. The molecule has 2 fully saturated rings. The van der Waals surface area contributed by atoms with Gasteiger partial charge in [-0.25, -0.2) is 0 Å². The molecule has 76 valence electrons. The van der Waals surface area contributed by atoms with Gasteiger partial charge >= 0.3 is 0 Å². The van der Waals surface area contributed by atoms with Crippen LogP contribution >= 0.6 is 0 Å². The summed E-state index contributed by atoms with van der Waals surface area (Å²) in [5, 5.41) is 0. The molecule has 1 heteroatoms. The van der Waals surface area contributed by atoms with Gasteiger partial charge in [-0.05, 0) is 36.2 Å². The van der Waals surface area contributed by atoms with Crippen LogP contribution in [0.4, 0.5) is 0 Å². The highest BCUT2D eigenvalue weighted by Gasteiger charge is 2.44. The van der Waals surface area contributed by atoms with Gasteiger partial charge < -0.3 is 0 Å². The van der Waals surface area contributed by atoms with Gasteiger partial charge in [0.05, 0.1) is 0 Å². The van der Waals surface area contributed by atoms with Crippen molar-refractivity contribution in [3.05, 3.63) is 24.3 Å². The fraction of sp³-hybridized carbons (Fsp3) is 0.615. The van der Waals surface area contributed by atoms with E-state index >= 15 is 0 Å². The second-order valence-corrected chi connectivity index (χ2v) is 4.98. The third kappa shape index (κ3) is 1.26. The van der Waals surface area contributed by atoms with Crippen LogP contribution in [0.3, 0.4) is 0 Å². The summed E-state index contributed by atoms with van der Waals surface area (Å²) < 4.78 is 0. The Kier molecular flexibility index (Phi) is 2.13. The Bertz CT molecular complexity index is 313. The summed E-state index contributed by atoms with van der Waals surface area (Å²) in [6.07, 6.45) is 4.64. The second-order valence-electron chi connectivity index (χ2n) is 4.98. The van der Waals surface area contributed by atoms with Crippen molar-refractivity contribution >= 4 is 5.78 Å². The number of ketones is 1. The first-order valence-electron chi connectivity index (χ1n) is 5.43. The summed E-state index contributed by atoms with van der Waals surface area (Å²) in [6.45, 7) is 10.5. The molecule has 0 heterocycles. The van der Waals surface area contributed by atoms with Gasteiger partial charge in [-0.3, -0.25) is 4.79 Å². The minimum Gasteiger partial charge on any atom is -0.300 e. The van der Waals surface area contributed by atoms with Crippen molar-refractivity contribution in [1.29, 1.82) is 0 Å². The van der Waals surface area contributed by atoms with E-state index in [0.717, 1.165) is 32.1 Å². The minimum atomic E-state index is 0.170. The Balaban J connectivity index is 2.29. The maximum atomic E-state index is 11.4. The summed E-state index contributed by atoms with van der Waals surface area (Å²) >= 11 is 0. The van der Waals surface area contributed by atoms with Crippen LogP contribution in [0, 0.1) is 11.3 Å². The van der Waals surface area contributed by atoms with Crippen LogP contribution in [-0.2, 0) is 4.79 Å². The highest BCUT2D eigenvalue weighted by atomic mass is 16.1. The van der Waals surface area contributed by atoms with E-state index in [1.807, 2.05) is 0 Å². The fourth-order valence-corrected chi connectivity index (χ4v) is 2.93. The Hall–Kier alpha value is -0.850. The predicted molar refractivity (Wildman–Crippen MR) is 58.0 cm³/mol. The van der Waals surface area contributed by atoms with Crippen LogP contribution in [0.2, 0.25) is 0 Å². The number of carbonyl (C=O) groups excluding carboxylic acids is 1. The largest absolute Gasteiger partial charge is 0.300 e. The molecule has 0 spiro atoms. The molecule has 0 amide bonds. The van der Waals surface area contributed by atoms with Gasteiger partial charge in [0, 0.05) is 12.8 Å². The normalized spacial score (nSPS) is 38.4.